The number of carboxylic acid groups (broad SMARTS) is 1. The van der Waals surface area contributed by atoms with Gasteiger partial charge in [-0.15, -0.1) is 0 Å². The lowest BCUT2D eigenvalue weighted by atomic mass is 10.1. The zero-order chi connectivity index (χ0) is 25.3. The molecule has 35 heavy (non-hydrogen) atoms. The monoisotopic (exact) mass is 512 g/mol. The van der Waals surface area contributed by atoms with Crippen LogP contribution in [0.15, 0.2) is 42.5 Å². The quantitative estimate of drug-likeness (QED) is 0.356. The van der Waals surface area contributed by atoms with Gasteiger partial charge in [0.2, 0.25) is 11.0 Å². The second-order valence-corrected chi connectivity index (χ2v) is 9.88. The van der Waals surface area contributed by atoms with E-state index in [2.05, 4.69) is 13.8 Å². The van der Waals surface area contributed by atoms with Crippen LogP contribution in [0.4, 0.5) is 0 Å². The zero-order valence-corrected chi connectivity index (χ0v) is 21.4. The van der Waals surface area contributed by atoms with E-state index in [1.165, 1.54) is 23.3 Å². The number of amides is 1. The van der Waals surface area contributed by atoms with Gasteiger partial charge < -0.3 is 14.7 Å². The highest BCUT2D eigenvalue weighted by Crippen LogP contribution is 2.37. The molecular weight excluding hydrogens is 488 g/mol. The summed E-state index contributed by atoms with van der Waals surface area (Å²) in [5, 5.41) is 15.6. The van der Waals surface area contributed by atoms with Gasteiger partial charge in [-0.1, -0.05) is 48.9 Å². The van der Waals surface area contributed by atoms with E-state index in [1.807, 2.05) is 30.3 Å². The van der Waals surface area contributed by atoms with Crippen molar-refractivity contribution in [2.45, 2.75) is 26.2 Å². The summed E-state index contributed by atoms with van der Waals surface area (Å²) in [6, 6.07) is 13.2. The Kier molecular flexibility index (Phi) is 7.09. The van der Waals surface area contributed by atoms with Gasteiger partial charge in [-0.05, 0) is 36.2 Å². The van der Waals surface area contributed by atoms with Crippen molar-refractivity contribution in [3.63, 3.8) is 0 Å². The molecule has 2 heterocycles. The van der Waals surface area contributed by atoms with Crippen LogP contribution in [0.25, 0.3) is 27.3 Å². The van der Waals surface area contributed by atoms with Crippen molar-refractivity contribution in [2.75, 3.05) is 20.7 Å². The highest BCUT2D eigenvalue weighted by molar-refractivity contribution is 7.14. The molecule has 0 radical (unpaired) electrons. The molecule has 2 aromatic heterocycles. The third-order valence-electron chi connectivity index (χ3n) is 5.53. The molecule has 0 aliphatic rings. The first-order valence-corrected chi connectivity index (χ1v) is 12.2. The van der Waals surface area contributed by atoms with Crippen LogP contribution in [0.5, 0.6) is 5.75 Å². The fourth-order valence-electron chi connectivity index (χ4n) is 3.78. The summed E-state index contributed by atoms with van der Waals surface area (Å²) in [7, 11) is 3.09. The Balaban J connectivity index is 1.81. The zero-order valence-electron chi connectivity index (χ0n) is 19.8. The van der Waals surface area contributed by atoms with E-state index in [0.717, 1.165) is 32.8 Å². The number of rotatable bonds is 8. The summed E-state index contributed by atoms with van der Waals surface area (Å²) < 4.78 is 7.12. The van der Waals surface area contributed by atoms with Crippen molar-refractivity contribution < 1.29 is 19.4 Å². The predicted molar refractivity (Wildman–Crippen MR) is 137 cm³/mol. The van der Waals surface area contributed by atoms with Crippen LogP contribution in [-0.2, 0) is 16.0 Å². The Bertz CT molecular complexity index is 1410. The molecule has 10 heteroatoms. The molecule has 1 N–H and O–H groups in total. The molecule has 182 valence electrons. The Hall–Kier alpha value is -3.43. The maximum Gasteiger partial charge on any atom is 0.323 e. The molecule has 0 spiro atoms. The predicted octanol–water partition coefficient (Wildman–Crippen LogP) is 5.02. The van der Waals surface area contributed by atoms with E-state index >= 15 is 0 Å². The van der Waals surface area contributed by atoms with Crippen LogP contribution in [-0.4, -0.2) is 57.3 Å². The number of methoxy groups -OCH3 is 1. The second-order valence-electron chi connectivity index (χ2n) is 8.44. The largest absolute Gasteiger partial charge is 0.497 e. The van der Waals surface area contributed by atoms with Gasteiger partial charge in [-0.3, -0.25) is 9.59 Å². The van der Waals surface area contributed by atoms with E-state index in [1.54, 1.807) is 23.9 Å². The first kappa shape index (κ1) is 24.7. The molecule has 0 atom stereocenters. The minimum atomic E-state index is -1.08. The number of halogens is 1. The Morgan fingerprint density at radius 2 is 2.00 bits per heavy atom. The molecule has 0 saturated carbocycles. The molecule has 0 bridgehead atoms. The number of nitrogens with zero attached hydrogens (tertiary/aromatic N) is 4. The lowest BCUT2D eigenvalue weighted by Gasteiger charge is -2.13. The fraction of sp³-hybridized carbons (Fsp3) is 0.280. The Morgan fingerprint density at radius 3 is 2.69 bits per heavy atom. The van der Waals surface area contributed by atoms with Crippen molar-refractivity contribution >= 4 is 45.7 Å². The normalized spacial score (nSPS) is 11.3. The van der Waals surface area contributed by atoms with Gasteiger partial charge in [-0.2, -0.15) is 5.10 Å². The number of carbonyl (C=O) groups is 2. The van der Waals surface area contributed by atoms with Crippen LogP contribution in [0.1, 0.15) is 30.3 Å². The summed E-state index contributed by atoms with van der Waals surface area (Å²) in [6.07, 6.45) is -0.0568. The number of fused-ring (bicyclic) bond motifs is 1. The minimum Gasteiger partial charge on any atom is -0.497 e. The van der Waals surface area contributed by atoms with E-state index in [0.29, 0.717) is 15.8 Å². The summed E-state index contributed by atoms with van der Waals surface area (Å²) >= 11 is 7.80. The summed E-state index contributed by atoms with van der Waals surface area (Å²) in [6.45, 7) is 3.85. The van der Waals surface area contributed by atoms with Crippen molar-refractivity contribution in [1.82, 2.24) is 19.7 Å². The molecule has 0 unspecified atom stereocenters. The highest BCUT2D eigenvalue weighted by Gasteiger charge is 2.22. The second kappa shape index (κ2) is 10.1. The Labute approximate surface area is 211 Å². The van der Waals surface area contributed by atoms with E-state index in [-0.39, 0.29) is 24.8 Å². The van der Waals surface area contributed by atoms with E-state index < -0.39 is 5.97 Å². The number of hydrogen-bond acceptors (Lipinski definition) is 6. The third-order valence-corrected chi connectivity index (χ3v) is 7.09. The SMILES string of the molecule is COc1cccc(-c2nc(-n3nc(CC(=O)N(C)CC(=O)O)c4cc(Cl)ccc43)sc2C(C)C)c1. The first-order chi connectivity index (χ1) is 16.7. The van der Waals surface area contributed by atoms with Gasteiger partial charge in [0.15, 0.2) is 0 Å². The number of carbonyl (C=O) groups excluding carboxylic acids is 1. The maximum atomic E-state index is 12.7. The molecular formula is C25H25ClN4O4S. The average molecular weight is 513 g/mol. The van der Waals surface area contributed by atoms with Crippen molar-refractivity contribution in [3.05, 3.63) is 58.1 Å². The highest BCUT2D eigenvalue weighted by atomic mass is 35.5. The van der Waals surface area contributed by atoms with E-state index in [9.17, 15) is 9.59 Å². The summed E-state index contributed by atoms with van der Waals surface area (Å²) in [4.78, 5) is 30.9. The summed E-state index contributed by atoms with van der Waals surface area (Å²) in [5.74, 6) is -0.451. The van der Waals surface area contributed by atoms with Gasteiger partial charge in [0.05, 0.1) is 30.4 Å². The molecule has 0 aliphatic carbocycles. The van der Waals surface area contributed by atoms with Crippen LogP contribution in [0, 0.1) is 0 Å². The molecule has 0 fully saturated rings. The van der Waals surface area contributed by atoms with Gasteiger partial charge in [-0.25, -0.2) is 9.67 Å². The molecule has 4 rings (SSSR count). The van der Waals surface area contributed by atoms with Gasteiger partial charge >= 0.3 is 5.97 Å². The van der Waals surface area contributed by atoms with Crippen LogP contribution < -0.4 is 4.74 Å². The molecule has 0 saturated heterocycles. The number of aromatic nitrogens is 3. The number of benzene rings is 2. The number of ether oxygens (including phenoxy) is 1. The lowest BCUT2D eigenvalue weighted by Crippen LogP contribution is -2.33. The molecule has 0 aliphatic heterocycles. The smallest absolute Gasteiger partial charge is 0.323 e. The Morgan fingerprint density at radius 1 is 1.23 bits per heavy atom. The number of aliphatic carboxylic acids is 1. The topological polar surface area (TPSA) is 97.5 Å². The third kappa shape index (κ3) is 5.16. The van der Waals surface area contributed by atoms with Gasteiger partial charge in [0.1, 0.15) is 12.3 Å². The van der Waals surface area contributed by atoms with Crippen molar-refractivity contribution in [3.8, 4) is 22.1 Å². The number of hydrogen-bond donors (Lipinski definition) is 1. The number of carboxylic acids is 1. The van der Waals surface area contributed by atoms with Crippen molar-refractivity contribution in [1.29, 1.82) is 0 Å². The van der Waals surface area contributed by atoms with Crippen molar-refractivity contribution in [2.24, 2.45) is 0 Å². The lowest BCUT2D eigenvalue weighted by molar-refractivity contribution is -0.143. The standard InChI is InChI=1S/C25H25ClN4O4S/c1-14(2)24-23(15-6-5-7-17(10-15)34-4)27-25(35-24)30-20-9-8-16(26)11-18(20)19(28-30)12-21(31)29(3)13-22(32)33/h5-11,14H,12-13H2,1-4H3,(H,32,33). The number of thiazole rings is 1. The molecule has 8 nitrogen and oxygen atoms in total. The van der Waals surface area contributed by atoms with E-state index in [4.69, 9.17) is 31.5 Å². The fourth-order valence-corrected chi connectivity index (χ4v) is 5.00. The molecule has 2 aromatic carbocycles. The molecule has 1 amide bonds. The average Bonchev–Trinajstić information content (AvgIpc) is 3.41. The van der Waals surface area contributed by atoms with Crippen LogP contribution in [0.2, 0.25) is 5.02 Å². The van der Waals surface area contributed by atoms with Gasteiger partial charge in [0, 0.05) is 27.9 Å². The minimum absolute atomic E-state index is 0.0568. The van der Waals surface area contributed by atoms with Crippen LogP contribution in [0.3, 0.4) is 0 Å². The molecule has 4 aromatic rings. The first-order valence-electron chi connectivity index (χ1n) is 11.0. The summed E-state index contributed by atoms with van der Waals surface area (Å²) in [5.41, 5.74) is 3.07. The van der Waals surface area contributed by atoms with Crippen LogP contribution >= 0.6 is 22.9 Å². The number of likely N-dealkylation sites (N-methyl/N-ethyl adjacent to an activating group) is 1. The maximum absolute atomic E-state index is 12.7. The van der Waals surface area contributed by atoms with Gasteiger partial charge in [0.25, 0.3) is 0 Å².